The molecule has 0 atom stereocenters. The van der Waals surface area contributed by atoms with Gasteiger partial charge in [0, 0.05) is 18.6 Å². The van der Waals surface area contributed by atoms with Crippen LogP contribution in [-0.2, 0) is 23.7 Å². The highest BCUT2D eigenvalue weighted by Gasteiger charge is 2.22. The van der Waals surface area contributed by atoms with Gasteiger partial charge in [0.05, 0.1) is 12.2 Å². The molecule has 128 valence electrons. The molecule has 0 saturated heterocycles. The van der Waals surface area contributed by atoms with Crippen molar-refractivity contribution in [1.82, 2.24) is 9.88 Å². The summed E-state index contributed by atoms with van der Waals surface area (Å²) in [5.41, 5.74) is 2.35. The number of benzene rings is 1. The van der Waals surface area contributed by atoms with E-state index in [1.807, 2.05) is 63.2 Å². The molecule has 1 aromatic carbocycles. The minimum atomic E-state index is -0.540. The highest BCUT2D eigenvalue weighted by atomic mass is 35.5. The lowest BCUT2D eigenvalue weighted by Gasteiger charge is -2.27. The molecule has 0 bridgehead atoms. The summed E-state index contributed by atoms with van der Waals surface area (Å²) in [7, 11) is 0. The van der Waals surface area contributed by atoms with E-state index in [4.69, 9.17) is 16.3 Å². The minimum Gasteiger partial charge on any atom is -0.444 e. The summed E-state index contributed by atoms with van der Waals surface area (Å²) < 4.78 is 5.53. The van der Waals surface area contributed by atoms with E-state index in [0.29, 0.717) is 19.0 Å². The second-order valence-corrected chi connectivity index (χ2v) is 6.87. The lowest BCUT2D eigenvalue weighted by molar-refractivity contribution is 0.0214. The van der Waals surface area contributed by atoms with Gasteiger partial charge in [-0.1, -0.05) is 30.3 Å². The molecule has 24 heavy (non-hydrogen) atoms. The van der Waals surface area contributed by atoms with Crippen molar-refractivity contribution >= 4 is 17.7 Å². The Balaban J connectivity index is 2.16. The van der Waals surface area contributed by atoms with E-state index in [9.17, 15) is 4.79 Å². The Bertz CT molecular complexity index is 651. The first-order chi connectivity index (χ1) is 11.4. The Hall–Kier alpha value is -2.07. The molecule has 4 nitrogen and oxygen atoms in total. The summed E-state index contributed by atoms with van der Waals surface area (Å²) in [4.78, 5) is 18.5. The zero-order chi connectivity index (χ0) is 17.6. The summed E-state index contributed by atoms with van der Waals surface area (Å²) >= 11 is 5.82. The van der Waals surface area contributed by atoms with Crippen LogP contribution >= 0.6 is 11.6 Å². The van der Waals surface area contributed by atoms with Crippen molar-refractivity contribution in [3.8, 4) is 0 Å². The maximum Gasteiger partial charge on any atom is 0.410 e. The van der Waals surface area contributed by atoms with Gasteiger partial charge in [-0.2, -0.15) is 0 Å². The van der Waals surface area contributed by atoms with Crippen LogP contribution in [0.25, 0.3) is 0 Å². The number of nitrogens with zero attached hydrogens (tertiary/aromatic N) is 2. The lowest BCUT2D eigenvalue weighted by Crippen LogP contribution is -2.36. The van der Waals surface area contributed by atoms with Gasteiger partial charge in [-0.25, -0.2) is 4.79 Å². The minimum absolute atomic E-state index is 0.352. The number of amides is 1. The maximum absolute atomic E-state index is 12.5. The quantitative estimate of drug-likeness (QED) is 0.733. The molecule has 2 rings (SSSR count). The van der Waals surface area contributed by atoms with Crippen molar-refractivity contribution in [2.24, 2.45) is 0 Å². The molecule has 5 heteroatoms. The Morgan fingerprint density at radius 1 is 1.08 bits per heavy atom. The Labute approximate surface area is 148 Å². The number of hydrogen-bond donors (Lipinski definition) is 0. The standard InChI is InChI=1S/C19H23ClN2O2/c1-19(2,3)24-18(23)22(14-17-6-4-5-11-21-17)13-16-9-7-15(12-20)8-10-16/h4-11H,12-14H2,1-3H3. The smallest absolute Gasteiger partial charge is 0.410 e. The van der Waals surface area contributed by atoms with Crippen LogP contribution in [0.4, 0.5) is 4.79 Å². The SMILES string of the molecule is CC(C)(C)OC(=O)N(Cc1ccc(CCl)cc1)Cc1ccccn1. The normalized spacial score (nSPS) is 11.2. The molecule has 1 aromatic heterocycles. The fourth-order valence-electron chi connectivity index (χ4n) is 2.15. The molecule has 0 N–H and O–H groups in total. The van der Waals surface area contributed by atoms with Gasteiger partial charge in [-0.15, -0.1) is 11.6 Å². The average molecular weight is 347 g/mol. The fraction of sp³-hybridized carbons (Fsp3) is 0.368. The van der Waals surface area contributed by atoms with E-state index in [2.05, 4.69) is 4.98 Å². The second-order valence-electron chi connectivity index (χ2n) is 6.61. The van der Waals surface area contributed by atoms with Crippen LogP contribution in [0.15, 0.2) is 48.7 Å². The molecule has 0 aliphatic carbocycles. The van der Waals surface area contributed by atoms with Crippen molar-refractivity contribution in [3.63, 3.8) is 0 Å². The van der Waals surface area contributed by atoms with Crippen LogP contribution in [0.5, 0.6) is 0 Å². The maximum atomic E-state index is 12.5. The molecule has 0 saturated carbocycles. The van der Waals surface area contributed by atoms with Crippen LogP contribution in [0, 0.1) is 0 Å². The number of aromatic nitrogens is 1. The first-order valence-electron chi connectivity index (χ1n) is 7.89. The van der Waals surface area contributed by atoms with E-state index >= 15 is 0 Å². The summed E-state index contributed by atoms with van der Waals surface area (Å²) in [5.74, 6) is 0.476. The fourth-order valence-corrected chi connectivity index (χ4v) is 2.33. The van der Waals surface area contributed by atoms with Crippen molar-refractivity contribution < 1.29 is 9.53 Å². The molecule has 1 heterocycles. The molecule has 2 aromatic rings. The van der Waals surface area contributed by atoms with E-state index in [-0.39, 0.29) is 6.09 Å². The summed E-state index contributed by atoms with van der Waals surface area (Å²) in [6, 6.07) is 13.6. The Morgan fingerprint density at radius 3 is 2.29 bits per heavy atom. The van der Waals surface area contributed by atoms with Gasteiger partial charge in [0.1, 0.15) is 5.60 Å². The first-order valence-corrected chi connectivity index (χ1v) is 8.42. The third kappa shape index (κ3) is 5.85. The van der Waals surface area contributed by atoms with Crippen LogP contribution < -0.4 is 0 Å². The highest BCUT2D eigenvalue weighted by Crippen LogP contribution is 2.16. The first kappa shape index (κ1) is 18.3. The number of hydrogen-bond acceptors (Lipinski definition) is 3. The van der Waals surface area contributed by atoms with Crippen LogP contribution in [-0.4, -0.2) is 21.6 Å². The zero-order valence-corrected chi connectivity index (χ0v) is 15.1. The predicted molar refractivity (Wildman–Crippen MR) is 95.7 cm³/mol. The number of carbonyl (C=O) groups excluding carboxylic acids is 1. The molecular formula is C19H23ClN2O2. The third-order valence-electron chi connectivity index (χ3n) is 3.28. The molecule has 0 fully saturated rings. The molecule has 0 radical (unpaired) electrons. The average Bonchev–Trinajstić information content (AvgIpc) is 2.54. The van der Waals surface area contributed by atoms with Crippen molar-refractivity contribution in [2.45, 2.75) is 45.3 Å². The predicted octanol–water partition coefficient (Wildman–Crippen LogP) is 4.76. The van der Waals surface area contributed by atoms with E-state index in [0.717, 1.165) is 16.8 Å². The van der Waals surface area contributed by atoms with Gasteiger partial charge in [0.25, 0.3) is 0 Å². The van der Waals surface area contributed by atoms with Gasteiger partial charge >= 0.3 is 6.09 Å². The summed E-state index contributed by atoms with van der Waals surface area (Å²) in [6.45, 7) is 6.43. The molecule has 0 aliphatic heterocycles. The Kier molecular flexibility index (Phi) is 6.21. The van der Waals surface area contributed by atoms with Crippen LogP contribution in [0.1, 0.15) is 37.6 Å². The van der Waals surface area contributed by atoms with Crippen molar-refractivity contribution in [1.29, 1.82) is 0 Å². The molecule has 1 amide bonds. The van der Waals surface area contributed by atoms with Crippen molar-refractivity contribution in [2.75, 3.05) is 0 Å². The van der Waals surface area contributed by atoms with Gasteiger partial charge < -0.3 is 4.74 Å². The van der Waals surface area contributed by atoms with Crippen LogP contribution in [0.3, 0.4) is 0 Å². The van der Waals surface area contributed by atoms with Crippen molar-refractivity contribution in [3.05, 3.63) is 65.5 Å². The van der Waals surface area contributed by atoms with Gasteiger partial charge in [-0.05, 0) is 44.0 Å². The topological polar surface area (TPSA) is 42.4 Å². The largest absolute Gasteiger partial charge is 0.444 e. The number of rotatable bonds is 5. The van der Waals surface area contributed by atoms with E-state index < -0.39 is 5.60 Å². The lowest BCUT2D eigenvalue weighted by atomic mass is 10.1. The van der Waals surface area contributed by atoms with Gasteiger partial charge in [-0.3, -0.25) is 9.88 Å². The monoisotopic (exact) mass is 346 g/mol. The van der Waals surface area contributed by atoms with E-state index in [1.165, 1.54) is 0 Å². The molecule has 0 unspecified atom stereocenters. The third-order valence-corrected chi connectivity index (χ3v) is 3.59. The number of ether oxygens (including phenoxy) is 1. The van der Waals surface area contributed by atoms with E-state index in [1.54, 1.807) is 11.1 Å². The summed E-state index contributed by atoms with van der Waals surface area (Å²) in [5, 5.41) is 0. The number of pyridine rings is 1. The summed E-state index contributed by atoms with van der Waals surface area (Å²) in [6.07, 6.45) is 1.37. The number of alkyl halides is 1. The number of halogens is 1. The van der Waals surface area contributed by atoms with Crippen LogP contribution in [0.2, 0.25) is 0 Å². The molecule has 0 aliphatic rings. The highest BCUT2D eigenvalue weighted by molar-refractivity contribution is 6.17. The molecular weight excluding hydrogens is 324 g/mol. The number of carbonyl (C=O) groups is 1. The second kappa shape index (κ2) is 8.15. The molecule has 0 spiro atoms. The van der Waals surface area contributed by atoms with Gasteiger partial charge in [0.2, 0.25) is 0 Å². The Morgan fingerprint density at radius 2 is 1.75 bits per heavy atom. The van der Waals surface area contributed by atoms with Gasteiger partial charge in [0.15, 0.2) is 0 Å². The zero-order valence-electron chi connectivity index (χ0n) is 14.3.